The van der Waals surface area contributed by atoms with Crippen LogP contribution in [0.5, 0.6) is 0 Å². The molecule has 5 heteroatoms. The van der Waals surface area contributed by atoms with Gasteiger partial charge in [-0.05, 0) is 23.6 Å². The molecule has 21 heavy (non-hydrogen) atoms. The van der Waals surface area contributed by atoms with Crippen LogP contribution in [0.4, 0.5) is 11.5 Å². The van der Waals surface area contributed by atoms with Gasteiger partial charge in [-0.1, -0.05) is 31.2 Å². The van der Waals surface area contributed by atoms with Crippen molar-refractivity contribution in [3.05, 3.63) is 53.2 Å². The average molecular weight is 285 g/mol. The zero-order valence-corrected chi connectivity index (χ0v) is 12.2. The fourth-order valence-corrected chi connectivity index (χ4v) is 2.11. The Hall–Kier alpha value is -2.56. The number of carbonyl (C=O) groups is 1. The van der Waals surface area contributed by atoms with Crippen LogP contribution in [-0.2, 0) is 17.7 Å². The zero-order valence-electron chi connectivity index (χ0n) is 12.2. The van der Waals surface area contributed by atoms with Crippen LogP contribution in [-0.4, -0.2) is 18.1 Å². The van der Waals surface area contributed by atoms with Crippen LogP contribution in [0.15, 0.2) is 36.5 Å². The summed E-state index contributed by atoms with van der Waals surface area (Å²) in [4.78, 5) is 15.8. The van der Waals surface area contributed by atoms with E-state index in [-0.39, 0.29) is 0 Å². The summed E-state index contributed by atoms with van der Waals surface area (Å²) in [6, 6.07) is 9.82. The van der Waals surface area contributed by atoms with E-state index in [0.29, 0.717) is 23.6 Å². The lowest BCUT2D eigenvalue weighted by Gasteiger charge is -2.11. The summed E-state index contributed by atoms with van der Waals surface area (Å²) in [6.07, 6.45) is 2.43. The second-order valence-electron chi connectivity index (χ2n) is 4.62. The van der Waals surface area contributed by atoms with E-state index in [9.17, 15) is 4.79 Å². The number of anilines is 2. The van der Waals surface area contributed by atoms with Crippen molar-refractivity contribution in [2.45, 2.75) is 19.9 Å². The minimum absolute atomic E-state index is 0.307. The number of ether oxygens (including phenoxy) is 1. The zero-order chi connectivity index (χ0) is 15.2. The van der Waals surface area contributed by atoms with Crippen molar-refractivity contribution in [1.82, 2.24) is 4.98 Å². The van der Waals surface area contributed by atoms with Crippen LogP contribution in [0.25, 0.3) is 0 Å². The highest BCUT2D eigenvalue weighted by molar-refractivity contribution is 5.95. The molecule has 0 saturated heterocycles. The van der Waals surface area contributed by atoms with Gasteiger partial charge >= 0.3 is 5.97 Å². The molecular formula is C16H19N3O2. The monoisotopic (exact) mass is 285 g/mol. The van der Waals surface area contributed by atoms with Gasteiger partial charge in [0, 0.05) is 6.54 Å². The number of esters is 1. The Balaban J connectivity index is 2.15. The van der Waals surface area contributed by atoms with Gasteiger partial charge in [0.1, 0.15) is 5.82 Å². The Morgan fingerprint density at radius 1 is 1.33 bits per heavy atom. The third kappa shape index (κ3) is 3.51. The summed E-state index contributed by atoms with van der Waals surface area (Å²) in [7, 11) is 1.33. The second-order valence-corrected chi connectivity index (χ2v) is 4.62. The minimum atomic E-state index is -0.466. The molecule has 0 atom stereocenters. The van der Waals surface area contributed by atoms with E-state index in [1.165, 1.54) is 24.4 Å². The van der Waals surface area contributed by atoms with Crippen LogP contribution in [0.3, 0.4) is 0 Å². The largest absolute Gasteiger partial charge is 0.465 e. The molecule has 0 bridgehead atoms. The van der Waals surface area contributed by atoms with Crippen molar-refractivity contribution in [1.29, 1.82) is 0 Å². The smallest absolute Gasteiger partial charge is 0.340 e. The Bertz CT molecular complexity index is 641. The van der Waals surface area contributed by atoms with E-state index >= 15 is 0 Å². The van der Waals surface area contributed by atoms with Crippen molar-refractivity contribution in [2.24, 2.45) is 0 Å². The quantitative estimate of drug-likeness (QED) is 0.826. The fraction of sp³-hybridized carbons (Fsp3) is 0.250. The number of hydrogen-bond acceptors (Lipinski definition) is 5. The molecule has 0 radical (unpaired) electrons. The topological polar surface area (TPSA) is 77.2 Å². The molecule has 0 aliphatic carbocycles. The average Bonchev–Trinajstić information content (AvgIpc) is 2.53. The third-order valence-electron chi connectivity index (χ3n) is 3.30. The van der Waals surface area contributed by atoms with Gasteiger partial charge in [-0.15, -0.1) is 0 Å². The van der Waals surface area contributed by atoms with Crippen molar-refractivity contribution >= 4 is 17.5 Å². The Labute approximate surface area is 124 Å². The third-order valence-corrected chi connectivity index (χ3v) is 3.30. The second kappa shape index (κ2) is 6.74. The van der Waals surface area contributed by atoms with Gasteiger partial charge in [-0.2, -0.15) is 0 Å². The molecule has 0 spiro atoms. The Morgan fingerprint density at radius 2 is 2.05 bits per heavy atom. The molecule has 1 heterocycles. The van der Waals surface area contributed by atoms with Crippen LogP contribution < -0.4 is 11.1 Å². The predicted molar refractivity (Wildman–Crippen MR) is 83.1 cm³/mol. The Kier molecular flexibility index (Phi) is 4.77. The number of rotatable bonds is 5. The van der Waals surface area contributed by atoms with Gasteiger partial charge in [0.05, 0.1) is 24.6 Å². The number of pyridine rings is 1. The molecule has 0 fully saturated rings. The lowest BCUT2D eigenvalue weighted by Crippen LogP contribution is -2.09. The number of nitrogens with one attached hydrogen (secondary N) is 1. The molecule has 1 aromatic heterocycles. The summed E-state index contributed by atoms with van der Waals surface area (Å²) >= 11 is 0. The number of hydrogen-bond donors (Lipinski definition) is 2. The van der Waals surface area contributed by atoms with E-state index in [0.717, 1.165) is 6.42 Å². The first-order valence-corrected chi connectivity index (χ1v) is 6.80. The highest BCUT2D eigenvalue weighted by Gasteiger charge is 2.11. The van der Waals surface area contributed by atoms with Crippen LogP contribution >= 0.6 is 0 Å². The van der Waals surface area contributed by atoms with Crippen LogP contribution in [0.2, 0.25) is 0 Å². The summed E-state index contributed by atoms with van der Waals surface area (Å²) in [6.45, 7) is 2.76. The molecule has 0 amide bonds. The first kappa shape index (κ1) is 14.8. The van der Waals surface area contributed by atoms with Crippen molar-refractivity contribution in [3.8, 4) is 0 Å². The number of aromatic nitrogens is 1. The summed E-state index contributed by atoms with van der Waals surface area (Å²) < 4.78 is 4.70. The SMILES string of the molecule is CCc1ccccc1CNc1cc(C(=O)OC)c(N)cn1. The lowest BCUT2D eigenvalue weighted by atomic mass is 10.1. The molecule has 5 nitrogen and oxygen atoms in total. The maximum atomic E-state index is 11.6. The first-order valence-electron chi connectivity index (χ1n) is 6.80. The number of nitrogens with two attached hydrogens (primary N) is 1. The van der Waals surface area contributed by atoms with Crippen molar-refractivity contribution in [3.63, 3.8) is 0 Å². The molecule has 0 unspecified atom stereocenters. The standard InChI is InChI=1S/C16H19N3O2/c1-3-11-6-4-5-7-12(11)9-18-15-8-13(16(20)21-2)14(17)10-19-15/h4-8,10H,3,9,17H2,1-2H3,(H,18,19). The van der Waals surface area contributed by atoms with Gasteiger partial charge in [0.15, 0.2) is 0 Å². The maximum absolute atomic E-state index is 11.6. The molecule has 110 valence electrons. The summed E-state index contributed by atoms with van der Waals surface area (Å²) in [5, 5.41) is 3.21. The highest BCUT2D eigenvalue weighted by atomic mass is 16.5. The van der Waals surface area contributed by atoms with E-state index in [2.05, 4.69) is 29.4 Å². The number of nitrogen functional groups attached to an aromatic ring is 1. The number of methoxy groups -OCH3 is 1. The van der Waals surface area contributed by atoms with Crippen molar-refractivity contribution < 1.29 is 9.53 Å². The first-order chi connectivity index (χ1) is 10.2. The van der Waals surface area contributed by atoms with Crippen molar-refractivity contribution in [2.75, 3.05) is 18.2 Å². The predicted octanol–water partition coefficient (Wildman–Crippen LogP) is 2.62. The molecule has 0 aliphatic rings. The highest BCUT2D eigenvalue weighted by Crippen LogP contribution is 2.17. The van der Waals surface area contributed by atoms with E-state index in [4.69, 9.17) is 10.5 Å². The number of benzene rings is 1. The molecule has 0 saturated carbocycles. The van der Waals surface area contributed by atoms with Crippen LogP contribution in [0.1, 0.15) is 28.4 Å². The Morgan fingerprint density at radius 3 is 2.71 bits per heavy atom. The fourth-order valence-electron chi connectivity index (χ4n) is 2.11. The summed E-state index contributed by atoms with van der Waals surface area (Å²) in [5.74, 6) is 0.127. The van der Waals surface area contributed by atoms with Gasteiger partial charge < -0.3 is 15.8 Å². The minimum Gasteiger partial charge on any atom is -0.465 e. The van der Waals surface area contributed by atoms with E-state index < -0.39 is 5.97 Å². The molecular weight excluding hydrogens is 266 g/mol. The van der Waals surface area contributed by atoms with E-state index in [1.54, 1.807) is 6.07 Å². The van der Waals surface area contributed by atoms with Gasteiger partial charge in [0.25, 0.3) is 0 Å². The molecule has 1 aromatic carbocycles. The van der Waals surface area contributed by atoms with E-state index in [1.807, 2.05) is 12.1 Å². The maximum Gasteiger partial charge on any atom is 0.340 e. The summed E-state index contributed by atoms with van der Waals surface area (Å²) in [5.41, 5.74) is 8.85. The lowest BCUT2D eigenvalue weighted by molar-refractivity contribution is 0.0602. The molecule has 3 N–H and O–H groups in total. The normalized spacial score (nSPS) is 10.2. The van der Waals surface area contributed by atoms with Gasteiger partial charge in [-0.3, -0.25) is 0 Å². The molecule has 2 aromatic rings. The number of nitrogens with zero attached hydrogens (tertiary/aromatic N) is 1. The number of carbonyl (C=O) groups excluding carboxylic acids is 1. The molecule has 0 aliphatic heterocycles. The van der Waals surface area contributed by atoms with Gasteiger partial charge in [-0.25, -0.2) is 9.78 Å². The molecule has 2 rings (SSSR count). The number of aryl methyl sites for hydroxylation is 1. The van der Waals surface area contributed by atoms with Crippen LogP contribution in [0, 0.1) is 0 Å². The van der Waals surface area contributed by atoms with Gasteiger partial charge in [0.2, 0.25) is 0 Å².